The van der Waals surface area contributed by atoms with Crippen molar-refractivity contribution in [2.45, 2.75) is 97.8 Å². The van der Waals surface area contributed by atoms with E-state index in [0.717, 1.165) is 36.0 Å². The average Bonchev–Trinajstić information content (AvgIpc) is 2.96. The SMILES string of the molecule is C[C@H](CCC(N)=O)[C@H]1CC[C@H]2[C@@H]3CCC4CCCC[C@]4(C)[C@H]3CC[C@]12C. The van der Waals surface area contributed by atoms with Gasteiger partial charge in [-0.1, -0.05) is 33.6 Å². The zero-order chi connectivity index (χ0) is 18.5. The predicted octanol–water partition coefficient (Wildman–Crippen LogP) is 5.94. The number of fused-ring (bicyclic) bond motifs is 5. The molecular formula is C24H41NO. The number of amides is 1. The summed E-state index contributed by atoms with van der Waals surface area (Å²) in [7, 11) is 0. The van der Waals surface area contributed by atoms with E-state index in [1.807, 2.05) is 0 Å². The number of carbonyl (C=O) groups excluding carboxylic acids is 1. The van der Waals surface area contributed by atoms with Crippen LogP contribution in [0.2, 0.25) is 0 Å². The van der Waals surface area contributed by atoms with Gasteiger partial charge in [0.15, 0.2) is 0 Å². The van der Waals surface area contributed by atoms with Crippen molar-refractivity contribution in [3.63, 3.8) is 0 Å². The van der Waals surface area contributed by atoms with E-state index in [2.05, 4.69) is 20.8 Å². The summed E-state index contributed by atoms with van der Waals surface area (Å²) >= 11 is 0. The maximum atomic E-state index is 11.3. The van der Waals surface area contributed by atoms with Gasteiger partial charge in [-0.3, -0.25) is 4.79 Å². The quantitative estimate of drug-likeness (QED) is 0.663. The van der Waals surface area contributed by atoms with Crippen molar-refractivity contribution in [2.24, 2.45) is 52.1 Å². The van der Waals surface area contributed by atoms with Crippen molar-refractivity contribution in [3.8, 4) is 0 Å². The van der Waals surface area contributed by atoms with Crippen LogP contribution in [0.1, 0.15) is 97.8 Å². The maximum Gasteiger partial charge on any atom is 0.217 e. The van der Waals surface area contributed by atoms with Gasteiger partial charge in [0.25, 0.3) is 0 Å². The molecule has 0 saturated heterocycles. The second kappa shape index (κ2) is 6.82. The van der Waals surface area contributed by atoms with Gasteiger partial charge < -0.3 is 5.73 Å². The Bertz CT molecular complexity index is 544. The lowest BCUT2D eigenvalue weighted by Crippen LogP contribution is -2.53. The smallest absolute Gasteiger partial charge is 0.217 e. The molecule has 4 aliphatic rings. The van der Waals surface area contributed by atoms with Gasteiger partial charge in [-0.25, -0.2) is 0 Å². The topological polar surface area (TPSA) is 43.1 Å². The van der Waals surface area contributed by atoms with E-state index in [0.29, 0.717) is 23.2 Å². The molecule has 0 bridgehead atoms. The monoisotopic (exact) mass is 359 g/mol. The Morgan fingerprint density at radius 1 is 0.962 bits per heavy atom. The molecular weight excluding hydrogens is 318 g/mol. The molecule has 8 atom stereocenters. The summed E-state index contributed by atoms with van der Waals surface area (Å²) in [5, 5.41) is 0. The molecule has 2 nitrogen and oxygen atoms in total. The zero-order valence-electron chi connectivity index (χ0n) is 17.4. The molecule has 4 fully saturated rings. The van der Waals surface area contributed by atoms with E-state index in [4.69, 9.17) is 5.73 Å². The van der Waals surface area contributed by atoms with Crippen LogP contribution in [0.15, 0.2) is 0 Å². The highest BCUT2D eigenvalue weighted by molar-refractivity contribution is 5.73. The van der Waals surface area contributed by atoms with E-state index >= 15 is 0 Å². The van der Waals surface area contributed by atoms with Crippen LogP contribution in [-0.4, -0.2) is 5.91 Å². The summed E-state index contributed by atoms with van der Waals surface area (Å²) in [6.07, 6.45) is 16.3. The average molecular weight is 360 g/mol. The summed E-state index contributed by atoms with van der Waals surface area (Å²) in [5.74, 6) is 5.29. The number of nitrogens with two attached hydrogens (primary N) is 1. The molecule has 4 saturated carbocycles. The molecule has 4 rings (SSSR count). The van der Waals surface area contributed by atoms with Crippen molar-refractivity contribution in [1.82, 2.24) is 0 Å². The van der Waals surface area contributed by atoms with Gasteiger partial charge in [0, 0.05) is 6.42 Å². The van der Waals surface area contributed by atoms with E-state index < -0.39 is 0 Å². The van der Waals surface area contributed by atoms with Crippen LogP contribution in [0.5, 0.6) is 0 Å². The van der Waals surface area contributed by atoms with Crippen molar-refractivity contribution >= 4 is 5.91 Å². The first kappa shape index (κ1) is 18.8. The van der Waals surface area contributed by atoms with Crippen molar-refractivity contribution in [1.29, 1.82) is 0 Å². The minimum atomic E-state index is -0.121. The molecule has 0 aliphatic heterocycles. The van der Waals surface area contributed by atoms with E-state index in [1.165, 1.54) is 64.2 Å². The lowest BCUT2D eigenvalue weighted by atomic mass is 9.44. The molecule has 4 aliphatic carbocycles. The van der Waals surface area contributed by atoms with Crippen LogP contribution in [-0.2, 0) is 4.79 Å². The molecule has 0 aromatic rings. The van der Waals surface area contributed by atoms with Crippen LogP contribution < -0.4 is 5.73 Å². The van der Waals surface area contributed by atoms with Crippen molar-refractivity contribution in [3.05, 3.63) is 0 Å². The highest BCUT2D eigenvalue weighted by atomic mass is 16.1. The molecule has 1 unspecified atom stereocenters. The minimum Gasteiger partial charge on any atom is -0.370 e. The van der Waals surface area contributed by atoms with Gasteiger partial charge in [0.2, 0.25) is 5.91 Å². The van der Waals surface area contributed by atoms with Crippen LogP contribution >= 0.6 is 0 Å². The lowest BCUT2D eigenvalue weighted by molar-refractivity contribution is -0.119. The van der Waals surface area contributed by atoms with Crippen molar-refractivity contribution in [2.75, 3.05) is 0 Å². The number of rotatable bonds is 4. The minimum absolute atomic E-state index is 0.121. The Kier molecular flexibility index (Phi) is 4.93. The summed E-state index contributed by atoms with van der Waals surface area (Å²) in [5.41, 5.74) is 6.60. The summed E-state index contributed by atoms with van der Waals surface area (Å²) in [4.78, 5) is 11.3. The first-order valence-electron chi connectivity index (χ1n) is 11.6. The second-order valence-corrected chi connectivity index (χ2v) is 11.1. The molecule has 0 radical (unpaired) electrons. The molecule has 0 heterocycles. The normalized spacial score (nSPS) is 49.0. The predicted molar refractivity (Wildman–Crippen MR) is 107 cm³/mol. The fourth-order valence-corrected chi connectivity index (χ4v) is 8.84. The van der Waals surface area contributed by atoms with Gasteiger partial charge in [0.05, 0.1) is 0 Å². The molecule has 148 valence electrons. The fraction of sp³-hybridized carbons (Fsp3) is 0.958. The fourth-order valence-electron chi connectivity index (χ4n) is 8.84. The summed E-state index contributed by atoms with van der Waals surface area (Å²) in [6, 6.07) is 0. The third-order valence-corrected chi connectivity index (χ3v) is 10.2. The number of hydrogen-bond donors (Lipinski definition) is 1. The molecule has 0 spiro atoms. The first-order valence-corrected chi connectivity index (χ1v) is 11.6. The van der Waals surface area contributed by atoms with Gasteiger partial charge in [-0.15, -0.1) is 0 Å². The number of carbonyl (C=O) groups is 1. The van der Waals surface area contributed by atoms with Gasteiger partial charge >= 0.3 is 0 Å². The highest BCUT2D eigenvalue weighted by Crippen LogP contribution is 2.68. The maximum absolute atomic E-state index is 11.3. The Labute approximate surface area is 161 Å². The zero-order valence-corrected chi connectivity index (χ0v) is 17.4. The van der Waals surface area contributed by atoms with E-state index in [9.17, 15) is 4.79 Å². The summed E-state index contributed by atoms with van der Waals surface area (Å²) < 4.78 is 0. The number of primary amides is 1. The molecule has 2 N–H and O–H groups in total. The molecule has 2 heteroatoms. The Morgan fingerprint density at radius 2 is 1.73 bits per heavy atom. The molecule has 0 aromatic heterocycles. The third-order valence-electron chi connectivity index (χ3n) is 10.2. The molecule has 0 aromatic carbocycles. The molecule has 26 heavy (non-hydrogen) atoms. The van der Waals surface area contributed by atoms with Crippen LogP contribution in [0.25, 0.3) is 0 Å². The van der Waals surface area contributed by atoms with Crippen LogP contribution in [0, 0.1) is 46.3 Å². The van der Waals surface area contributed by atoms with Gasteiger partial charge in [-0.05, 0) is 104 Å². The van der Waals surface area contributed by atoms with Gasteiger partial charge in [0.1, 0.15) is 0 Å². The Hall–Kier alpha value is -0.530. The lowest BCUT2D eigenvalue weighted by Gasteiger charge is -2.61. The largest absolute Gasteiger partial charge is 0.370 e. The first-order chi connectivity index (χ1) is 12.4. The van der Waals surface area contributed by atoms with E-state index in [1.54, 1.807) is 0 Å². The Morgan fingerprint density at radius 3 is 2.50 bits per heavy atom. The Balaban J connectivity index is 1.52. The standard InChI is InChI=1S/C24H41NO/c1-16(7-12-22(25)26)19-10-11-20-18-9-8-17-6-4-5-14-23(17,2)21(18)13-15-24(19,20)3/h16-21H,4-15H2,1-3H3,(H2,25,26)/t16-,17?,18+,19-,20+,21+,23+,24-/m1/s1. The van der Waals surface area contributed by atoms with Crippen LogP contribution in [0.3, 0.4) is 0 Å². The van der Waals surface area contributed by atoms with Crippen LogP contribution in [0.4, 0.5) is 0 Å². The molecule has 1 amide bonds. The van der Waals surface area contributed by atoms with Gasteiger partial charge in [-0.2, -0.15) is 0 Å². The summed E-state index contributed by atoms with van der Waals surface area (Å²) in [6.45, 7) is 7.70. The van der Waals surface area contributed by atoms with Crippen molar-refractivity contribution < 1.29 is 4.79 Å². The highest BCUT2D eigenvalue weighted by Gasteiger charge is 2.60. The second-order valence-electron chi connectivity index (χ2n) is 11.1. The number of hydrogen-bond acceptors (Lipinski definition) is 1. The van der Waals surface area contributed by atoms with E-state index in [-0.39, 0.29) is 5.91 Å². The third kappa shape index (κ3) is 2.85.